The highest BCUT2D eigenvalue weighted by atomic mass is 32.2. The molecule has 1 aromatic heterocycles. The second kappa shape index (κ2) is 4.97. The number of aryl methyl sites for hydroxylation is 2. The van der Waals surface area contributed by atoms with Gasteiger partial charge in [0.2, 0.25) is 0 Å². The molecule has 0 radical (unpaired) electrons. The molecule has 0 spiro atoms. The molecule has 8 heteroatoms. The van der Waals surface area contributed by atoms with Gasteiger partial charge in [0.25, 0.3) is 10.0 Å². The van der Waals surface area contributed by atoms with Crippen molar-refractivity contribution >= 4 is 21.7 Å². The number of carboxylic acid groups (broad SMARTS) is 1. The number of carboxylic acids is 1. The van der Waals surface area contributed by atoms with E-state index in [1.807, 2.05) is 0 Å². The Kier molecular flexibility index (Phi) is 3.49. The van der Waals surface area contributed by atoms with Gasteiger partial charge >= 0.3 is 5.97 Å². The van der Waals surface area contributed by atoms with Crippen molar-refractivity contribution in [3.8, 4) is 0 Å². The molecule has 0 saturated carbocycles. The molecule has 0 aliphatic carbocycles. The maximum Gasteiger partial charge on any atom is 0.335 e. The fourth-order valence-electron chi connectivity index (χ4n) is 1.68. The second-order valence-electron chi connectivity index (χ2n) is 4.30. The van der Waals surface area contributed by atoms with Gasteiger partial charge < -0.3 is 5.11 Å². The van der Waals surface area contributed by atoms with Crippen LogP contribution in [0.15, 0.2) is 29.3 Å². The molecule has 0 aliphatic rings. The maximum absolute atomic E-state index is 12.2. The van der Waals surface area contributed by atoms with Gasteiger partial charge in [0.1, 0.15) is 4.90 Å². The van der Waals surface area contributed by atoms with Crippen LogP contribution < -0.4 is 4.72 Å². The van der Waals surface area contributed by atoms with Gasteiger partial charge in [-0.05, 0) is 31.5 Å². The highest BCUT2D eigenvalue weighted by molar-refractivity contribution is 7.92. The van der Waals surface area contributed by atoms with Crippen molar-refractivity contribution in [2.24, 2.45) is 0 Å². The zero-order chi connectivity index (χ0) is 14.9. The Morgan fingerprint density at radius 1 is 1.35 bits per heavy atom. The summed E-state index contributed by atoms with van der Waals surface area (Å²) in [7, 11) is -3.80. The van der Waals surface area contributed by atoms with Crippen molar-refractivity contribution in [1.29, 1.82) is 0 Å². The summed E-state index contributed by atoms with van der Waals surface area (Å²) in [6.07, 6.45) is 1.20. The summed E-state index contributed by atoms with van der Waals surface area (Å²) < 4.78 is 26.8. The number of sulfonamides is 1. The average Bonchev–Trinajstić information content (AvgIpc) is 2.78. The molecule has 3 N–H and O–H groups in total. The molecule has 2 aromatic rings. The number of hydrogen-bond acceptors (Lipinski definition) is 4. The third-order valence-corrected chi connectivity index (χ3v) is 4.28. The first-order chi connectivity index (χ1) is 9.31. The van der Waals surface area contributed by atoms with Gasteiger partial charge in [-0.1, -0.05) is 6.07 Å². The summed E-state index contributed by atoms with van der Waals surface area (Å²) in [5.74, 6) is -1.12. The van der Waals surface area contributed by atoms with Crippen molar-refractivity contribution < 1.29 is 18.3 Å². The molecule has 2 rings (SSSR count). The first kappa shape index (κ1) is 14.1. The van der Waals surface area contributed by atoms with Crippen LogP contribution in [-0.2, 0) is 10.0 Å². The van der Waals surface area contributed by atoms with Crippen molar-refractivity contribution in [3.05, 3.63) is 41.2 Å². The number of H-pyrrole nitrogens is 1. The summed E-state index contributed by atoms with van der Waals surface area (Å²) in [4.78, 5) is 10.9. The second-order valence-corrected chi connectivity index (χ2v) is 5.95. The Morgan fingerprint density at radius 3 is 2.60 bits per heavy atom. The summed E-state index contributed by atoms with van der Waals surface area (Å²) in [5, 5.41) is 15.1. The van der Waals surface area contributed by atoms with E-state index in [1.54, 1.807) is 19.9 Å². The number of hydrogen-bond donors (Lipinski definition) is 3. The van der Waals surface area contributed by atoms with Crippen LogP contribution in [0, 0.1) is 13.8 Å². The number of aromatic nitrogens is 2. The highest BCUT2D eigenvalue weighted by Gasteiger charge is 2.20. The third kappa shape index (κ3) is 2.64. The minimum absolute atomic E-state index is 0.0113. The zero-order valence-electron chi connectivity index (χ0n) is 10.8. The molecule has 1 heterocycles. The Balaban J connectivity index is 2.42. The van der Waals surface area contributed by atoms with E-state index in [-0.39, 0.29) is 16.1 Å². The molecule has 0 fully saturated rings. The monoisotopic (exact) mass is 295 g/mol. The van der Waals surface area contributed by atoms with Gasteiger partial charge in [0, 0.05) is 0 Å². The Hall–Kier alpha value is -2.35. The molecule has 20 heavy (non-hydrogen) atoms. The number of rotatable bonds is 4. The molecule has 0 unspecified atom stereocenters. The van der Waals surface area contributed by atoms with E-state index >= 15 is 0 Å². The lowest BCUT2D eigenvalue weighted by Gasteiger charge is -2.10. The highest BCUT2D eigenvalue weighted by Crippen LogP contribution is 2.22. The fraction of sp³-hybridized carbons (Fsp3) is 0.167. The van der Waals surface area contributed by atoms with Crippen LogP contribution in [0.2, 0.25) is 0 Å². The van der Waals surface area contributed by atoms with Crippen molar-refractivity contribution in [2.75, 3.05) is 4.72 Å². The molecular weight excluding hydrogens is 282 g/mol. The summed E-state index contributed by atoms with van der Waals surface area (Å²) >= 11 is 0. The van der Waals surface area contributed by atoms with Crippen molar-refractivity contribution in [2.45, 2.75) is 18.7 Å². The first-order valence-corrected chi connectivity index (χ1v) is 7.16. The van der Waals surface area contributed by atoms with E-state index in [9.17, 15) is 13.2 Å². The molecular formula is C12H13N3O4S. The Morgan fingerprint density at radius 2 is 2.05 bits per heavy atom. The molecule has 0 bridgehead atoms. The van der Waals surface area contributed by atoms with Crippen LogP contribution in [0.5, 0.6) is 0 Å². The number of nitrogens with zero attached hydrogens (tertiary/aromatic N) is 1. The number of benzene rings is 1. The van der Waals surface area contributed by atoms with Crippen LogP contribution in [0.3, 0.4) is 0 Å². The number of nitrogens with one attached hydrogen (secondary N) is 2. The SMILES string of the molecule is Cc1ccc(C(=O)O)cc1NS(=O)(=O)c1cn[nH]c1C. The quantitative estimate of drug-likeness (QED) is 0.791. The fourth-order valence-corrected chi connectivity index (χ4v) is 2.93. The predicted molar refractivity (Wildman–Crippen MR) is 72.3 cm³/mol. The van der Waals surface area contributed by atoms with Crippen LogP contribution in [0.1, 0.15) is 21.6 Å². The maximum atomic E-state index is 12.2. The minimum atomic E-state index is -3.80. The normalized spacial score (nSPS) is 11.3. The van der Waals surface area contributed by atoms with Crippen LogP contribution in [-0.4, -0.2) is 29.7 Å². The Bertz CT molecular complexity index is 765. The molecule has 0 atom stereocenters. The summed E-state index contributed by atoms with van der Waals surface area (Å²) in [6.45, 7) is 3.27. The van der Waals surface area contributed by atoms with Gasteiger partial charge in [-0.2, -0.15) is 5.10 Å². The molecule has 0 saturated heterocycles. The standard InChI is InChI=1S/C12H13N3O4S/c1-7-3-4-9(12(16)17)5-10(7)15-20(18,19)11-6-13-14-8(11)2/h3-6,15H,1-2H3,(H,13,14)(H,16,17). The van der Waals surface area contributed by atoms with Gasteiger partial charge in [-0.3, -0.25) is 9.82 Å². The van der Waals surface area contributed by atoms with E-state index in [2.05, 4.69) is 14.9 Å². The van der Waals surface area contributed by atoms with Crippen LogP contribution >= 0.6 is 0 Å². The molecule has 7 nitrogen and oxygen atoms in total. The molecule has 0 amide bonds. The Labute approximate surface area is 115 Å². The summed E-state index contributed by atoms with van der Waals surface area (Å²) in [5.41, 5.74) is 1.27. The lowest BCUT2D eigenvalue weighted by Crippen LogP contribution is -2.14. The van der Waals surface area contributed by atoms with Gasteiger partial charge in [0.15, 0.2) is 0 Å². The van der Waals surface area contributed by atoms with E-state index in [0.29, 0.717) is 11.3 Å². The first-order valence-electron chi connectivity index (χ1n) is 5.68. The van der Waals surface area contributed by atoms with E-state index in [0.717, 1.165) is 0 Å². The van der Waals surface area contributed by atoms with Crippen molar-refractivity contribution in [1.82, 2.24) is 10.2 Å². The van der Waals surface area contributed by atoms with Crippen molar-refractivity contribution in [3.63, 3.8) is 0 Å². The van der Waals surface area contributed by atoms with E-state index in [1.165, 1.54) is 18.3 Å². The predicted octanol–water partition coefficient (Wildman–Crippen LogP) is 1.53. The van der Waals surface area contributed by atoms with E-state index < -0.39 is 16.0 Å². The van der Waals surface area contributed by atoms with Crippen LogP contribution in [0.4, 0.5) is 5.69 Å². The topological polar surface area (TPSA) is 112 Å². The molecule has 1 aromatic carbocycles. The number of aromatic amines is 1. The lowest BCUT2D eigenvalue weighted by molar-refractivity contribution is 0.0697. The zero-order valence-corrected chi connectivity index (χ0v) is 11.7. The largest absolute Gasteiger partial charge is 0.478 e. The number of aromatic carboxylic acids is 1. The van der Waals surface area contributed by atoms with Gasteiger partial charge in [0.05, 0.1) is 23.1 Å². The number of anilines is 1. The van der Waals surface area contributed by atoms with Gasteiger partial charge in [-0.15, -0.1) is 0 Å². The molecule has 0 aliphatic heterocycles. The van der Waals surface area contributed by atoms with Gasteiger partial charge in [-0.25, -0.2) is 13.2 Å². The average molecular weight is 295 g/mol. The minimum Gasteiger partial charge on any atom is -0.478 e. The third-order valence-electron chi connectivity index (χ3n) is 2.80. The van der Waals surface area contributed by atoms with E-state index in [4.69, 9.17) is 5.11 Å². The van der Waals surface area contributed by atoms with Crippen LogP contribution in [0.25, 0.3) is 0 Å². The number of carbonyl (C=O) groups is 1. The molecule has 106 valence electrons. The lowest BCUT2D eigenvalue weighted by atomic mass is 10.1. The smallest absolute Gasteiger partial charge is 0.335 e. The summed E-state index contributed by atoms with van der Waals surface area (Å²) in [6, 6.07) is 4.24.